The maximum atomic E-state index is 12.2. The number of carbonyl (C=O) groups is 3. The second kappa shape index (κ2) is 15.5. The zero-order valence-corrected chi connectivity index (χ0v) is 18.9. The average Bonchev–Trinajstić information content (AvgIpc) is 2.68. The van der Waals surface area contributed by atoms with Crippen molar-refractivity contribution in [3.8, 4) is 0 Å². The Morgan fingerprint density at radius 2 is 0.800 bits per heavy atom. The van der Waals surface area contributed by atoms with Gasteiger partial charge in [0.2, 0.25) is 17.7 Å². The minimum absolute atomic E-state index is 0.0601. The van der Waals surface area contributed by atoms with Gasteiger partial charge in [0.05, 0.1) is 0 Å². The fourth-order valence-corrected chi connectivity index (χ4v) is 3.12. The van der Waals surface area contributed by atoms with Gasteiger partial charge >= 0.3 is 0 Å². The van der Waals surface area contributed by atoms with Crippen LogP contribution < -0.4 is 16.0 Å². The lowest BCUT2D eigenvalue weighted by Crippen LogP contribution is -2.15. The van der Waals surface area contributed by atoms with Gasteiger partial charge in [-0.15, -0.1) is 0 Å². The van der Waals surface area contributed by atoms with Crippen LogP contribution in [0.5, 0.6) is 0 Å². The van der Waals surface area contributed by atoms with Crippen molar-refractivity contribution in [2.45, 2.75) is 97.8 Å². The van der Waals surface area contributed by atoms with Gasteiger partial charge in [0.1, 0.15) is 0 Å². The Labute approximate surface area is 181 Å². The first-order chi connectivity index (χ1) is 14.5. The molecule has 3 N–H and O–H groups in total. The molecule has 1 rings (SSSR count). The zero-order valence-electron chi connectivity index (χ0n) is 18.9. The minimum atomic E-state index is -0.0601. The van der Waals surface area contributed by atoms with Gasteiger partial charge in [-0.25, -0.2) is 0 Å². The molecule has 0 saturated carbocycles. The molecule has 0 unspecified atom stereocenters. The van der Waals surface area contributed by atoms with Crippen molar-refractivity contribution < 1.29 is 14.4 Å². The van der Waals surface area contributed by atoms with E-state index >= 15 is 0 Å². The highest BCUT2D eigenvalue weighted by Crippen LogP contribution is 2.24. The summed E-state index contributed by atoms with van der Waals surface area (Å²) < 4.78 is 0. The van der Waals surface area contributed by atoms with Crippen molar-refractivity contribution in [2.75, 3.05) is 16.0 Å². The monoisotopic (exact) mass is 417 g/mol. The van der Waals surface area contributed by atoms with E-state index in [1.165, 1.54) is 0 Å². The molecular weight excluding hydrogens is 378 g/mol. The third kappa shape index (κ3) is 11.6. The van der Waals surface area contributed by atoms with Crippen molar-refractivity contribution in [3.05, 3.63) is 18.2 Å². The number of unbranched alkanes of at least 4 members (excludes halogenated alkanes) is 6. The summed E-state index contributed by atoms with van der Waals surface area (Å²) in [7, 11) is 0. The first kappa shape index (κ1) is 25.7. The molecule has 6 nitrogen and oxygen atoms in total. The summed E-state index contributed by atoms with van der Waals surface area (Å²) in [4.78, 5) is 36.7. The highest BCUT2D eigenvalue weighted by molar-refractivity contribution is 5.97. The molecule has 1 aromatic rings. The van der Waals surface area contributed by atoms with Crippen LogP contribution in [0, 0.1) is 0 Å². The predicted octanol–water partition coefficient (Wildman–Crippen LogP) is 6.24. The number of anilines is 3. The summed E-state index contributed by atoms with van der Waals surface area (Å²) in [6, 6.07) is 5.21. The molecule has 0 atom stereocenters. The first-order valence-corrected chi connectivity index (χ1v) is 11.5. The highest BCUT2D eigenvalue weighted by atomic mass is 16.2. The van der Waals surface area contributed by atoms with Crippen molar-refractivity contribution in [1.82, 2.24) is 0 Å². The minimum Gasteiger partial charge on any atom is -0.326 e. The van der Waals surface area contributed by atoms with E-state index in [1.807, 2.05) is 0 Å². The predicted molar refractivity (Wildman–Crippen MR) is 125 cm³/mol. The van der Waals surface area contributed by atoms with Crippen LogP contribution in [0.3, 0.4) is 0 Å². The third-order valence-corrected chi connectivity index (χ3v) is 4.81. The zero-order chi connectivity index (χ0) is 22.2. The number of hydrogen-bond donors (Lipinski definition) is 3. The first-order valence-electron chi connectivity index (χ1n) is 11.5. The smallest absolute Gasteiger partial charge is 0.224 e. The molecule has 3 amide bonds. The normalized spacial score (nSPS) is 10.5. The molecule has 0 saturated heterocycles. The molecule has 0 aliphatic rings. The van der Waals surface area contributed by atoms with E-state index in [1.54, 1.807) is 18.2 Å². The van der Waals surface area contributed by atoms with E-state index in [-0.39, 0.29) is 17.7 Å². The number of amides is 3. The fourth-order valence-electron chi connectivity index (χ4n) is 3.12. The van der Waals surface area contributed by atoms with Crippen LogP contribution in [0.25, 0.3) is 0 Å². The molecule has 0 aliphatic heterocycles. The van der Waals surface area contributed by atoms with E-state index < -0.39 is 0 Å². The SMILES string of the molecule is CCCCCC(=O)Nc1cc(NC(=O)CCCCC)cc(NC(=O)CCCCC)c1. The van der Waals surface area contributed by atoms with E-state index in [4.69, 9.17) is 0 Å². The number of hydrogen-bond acceptors (Lipinski definition) is 3. The molecular formula is C24H39N3O3. The molecule has 0 radical (unpaired) electrons. The van der Waals surface area contributed by atoms with Crippen molar-refractivity contribution in [2.24, 2.45) is 0 Å². The summed E-state index contributed by atoms with van der Waals surface area (Å²) >= 11 is 0. The van der Waals surface area contributed by atoms with E-state index in [9.17, 15) is 14.4 Å². The largest absolute Gasteiger partial charge is 0.326 e. The van der Waals surface area contributed by atoms with Gasteiger partial charge in [0.15, 0.2) is 0 Å². The van der Waals surface area contributed by atoms with Gasteiger partial charge in [-0.3, -0.25) is 14.4 Å². The molecule has 1 aromatic carbocycles. The maximum Gasteiger partial charge on any atom is 0.224 e. The van der Waals surface area contributed by atoms with Crippen LogP contribution in [0.1, 0.15) is 97.8 Å². The van der Waals surface area contributed by atoms with Crippen LogP contribution >= 0.6 is 0 Å². The number of benzene rings is 1. The number of rotatable bonds is 15. The summed E-state index contributed by atoms with van der Waals surface area (Å²) in [5.74, 6) is -0.180. The molecule has 168 valence electrons. The van der Waals surface area contributed by atoms with Crippen LogP contribution in [0.2, 0.25) is 0 Å². The second-order valence-electron chi connectivity index (χ2n) is 7.81. The Hall–Kier alpha value is -2.37. The summed E-state index contributed by atoms with van der Waals surface area (Å²) in [5, 5.41) is 8.67. The molecule has 0 spiro atoms. The number of nitrogens with one attached hydrogen (secondary N) is 3. The molecule has 0 aromatic heterocycles. The lowest BCUT2D eigenvalue weighted by atomic mass is 10.1. The van der Waals surface area contributed by atoms with E-state index in [0.717, 1.165) is 57.8 Å². The van der Waals surface area contributed by atoms with Crippen LogP contribution in [0.15, 0.2) is 18.2 Å². The molecule has 0 fully saturated rings. The quantitative estimate of drug-likeness (QED) is 0.295. The topological polar surface area (TPSA) is 87.3 Å². The summed E-state index contributed by atoms with van der Waals surface area (Å²) in [6.07, 6.45) is 10.1. The van der Waals surface area contributed by atoms with Gasteiger partial charge < -0.3 is 16.0 Å². The Kier molecular flexibility index (Phi) is 13.2. The lowest BCUT2D eigenvalue weighted by molar-refractivity contribution is -0.117. The van der Waals surface area contributed by atoms with Gasteiger partial charge in [-0.05, 0) is 37.5 Å². The Balaban J connectivity index is 2.84. The molecule has 0 bridgehead atoms. The maximum absolute atomic E-state index is 12.2. The third-order valence-electron chi connectivity index (χ3n) is 4.81. The highest BCUT2D eigenvalue weighted by Gasteiger charge is 2.10. The van der Waals surface area contributed by atoms with Crippen LogP contribution in [-0.2, 0) is 14.4 Å². The van der Waals surface area contributed by atoms with Gasteiger partial charge in [0.25, 0.3) is 0 Å². The van der Waals surface area contributed by atoms with Crippen molar-refractivity contribution in [1.29, 1.82) is 0 Å². The van der Waals surface area contributed by atoms with Gasteiger partial charge in [-0.1, -0.05) is 59.3 Å². The Bertz CT molecular complexity index is 571. The Morgan fingerprint density at radius 1 is 0.533 bits per heavy atom. The molecule has 6 heteroatoms. The Morgan fingerprint density at radius 3 is 1.03 bits per heavy atom. The number of carbonyl (C=O) groups excluding carboxylic acids is 3. The second-order valence-corrected chi connectivity index (χ2v) is 7.81. The molecule has 30 heavy (non-hydrogen) atoms. The van der Waals surface area contributed by atoms with E-state index in [0.29, 0.717) is 36.3 Å². The van der Waals surface area contributed by atoms with E-state index in [2.05, 4.69) is 36.7 Å². The average molecular weight is 418 g/mol. The standard InChI is InChI=1S/C24H39N3O3/c1-4-7-10-13-22(28)25-19-16-20(26-23(29)14-11-8-5-2)18-21(17-19)27-24(30)15-12-9-6-3/h16-18H,4-15H2,1-3H3,(H,25,28)(H,26,29)(H,27,30). The molecule has 0 heterocycles. The van der Waals surface area contributed by atoms with Gasteiger partial charge in [-0.2, -0.15) is 0 Å². The van der Waals surface area contributed by atoms with Crippen LogP contribution in [0.4, 0.5) is 17.1 Å². The van der Waals surface area contributed by atoms with Crippen molar-refractivity contribution in [3.63, 3.8) is 0 Å². The van der Waals surface area contributed by atoms with Crippen LogP contribution in [-0.4, -0.2) is 17.7 Å². The summed E-state index contributed by atoms with van der Waals surface area (Å²) in [6.45, 7) is 6.29. The van der Waals surface area contributed by atoms with Gasteiger partial charge in [0, 0.05) is 36.3 Å². The molecule has 0 aliphatic carbocycles. The lowest BCUT2D eigenvalue weighted by Gasteiger charge is -2.13. The fraction of sp³-hybridized carbons (Fsp3) is 0.625. The summed E-state index contributed by atoms with van der Waals surface area (Å²) in [5.41, 5.74) is 1.73. The van der Waals surface area contributed by atoms with Crippen molar-refractivity contribution >= 4 is 34.8 Å².